The number of thioether (sulfide) groups is 1. The van der Waals surface area contributed by atoms with Crippen molar-refractivity contribution in [3.63, 3.8) is 0 Å². The third-order valence-corrected chi connectivity index (χ3v) is 4.44. The zero-order chi connectivity index (χ0) is 16.4. The second-order valence-corrected chi connectivity index (χ2v) is 6.18. The summed E-state index contributed by atoms with van der Waals surface area (Å²) in [5.41, 5.74) is 3.88. The lowest BCUT2D eigenvalue weighted by atomic mass is 10.0. The zero-order valence-corrected chi connectivity index (χ0v) is 14.0. The number of ketones is 1. The van der Waals surface area contributed by atoms with E-state index < -0.39 is 5.97 Å². The Morgan fingerprint density at radius 2 is 1.91 bits per heavy atom. The quantitative estimate of drug-likeness (QED) is 0.679. The Balaban J connectivity index is 2.53. The van der Waals surface area contributed by atoms with Crippen molar-refractivity contribution < 1.29 is 14.7 Å². The van der Waals surface area contributed by atoms with Crippen molar-refractivity contribution in [3.8, 4) is 0 Å². The van der Waals surface area contributed by atoms with Gasteiger partial charge in [0.15, 0.2) is 0 Å². The van der Waals surface area contributed by atoms with Crippen LogP contribution in [0.3, 0.4) is 0 Å². The minimum atomic E-state index is -0.904. The van der Waals surface area contributed by atoms with Gasteiger partial charge in [-0.25, -0.2) is 0 Å². The monoisotopic (exact) mass is 317 g/mol. The number of carboxylic acids is 1. The molecule has 2 rings (SSSR count). The molecule has 0 saturated carbocycles. The van der Waals surface area contributed by atoms with E-state index in [1.165, 1.54) is 11.8 Å². The van der Waals surface area contributed by atoms with Gasteiger partial charge in [-0.15, -0.1) is 11.8 Å². The number of nitrogens with zero attached hydrogens (tertiary/aromatic N) is 1. The van der Waals surface area contributed by atoms with Crippen LogP contribution < -0.4 is 0 Å². The van der Waals surface area contributed by atoms with Crippen molar-refractivity contribution in [2.24, 2.45) is 7.05 Å². The molecule has 0 atom stereocenters. The van der Waals surface area contributed by atoms with Gasteiger partial charge >= 0.3 is 5.97 Å². The molecule has 1 aromatic carbocycles. The molecule has 2 aromatic rings. The standard InChI is InChI=1S/C17H19NO3S/c1-10-5-6-13(11(2)7-10)17(21)16-14(22-4)8-12(18(16)3)9-15(19)20/h5-8H,9H2,1-4H3,(H,19,20). The minimum Gasteiger partial charge on any atom is -0.481 e. The van der Waals surface area contributed by atoms with Gasteiger partial charge in [0.2, 0.25) is 5.78 Å². The number of hydrogen-bond acceptors (Lipinski definition) is 3. The lowest BCUT2D eigenvalue weighted by Gasteiger charge is -2.10. The van der Waals surface area contributed by atoms with Crippen LogP contribution >= 0.6 is 11.8 Å². The number of aliphatic carboxylic acids is 1. The van der Waals surface area contributed by atoms with Crippen LogP contribution in [0, 0.1) is 13.8 Å². The molecule has 0 amide bonds. The summed E-state index contributed by atoms with van der Waals surface area (Å²) in [6, 6.07) is 7.52. The lowest BCUT2D eigenvalue weighted by Crippen LogP contribution is -2.13. The SMILES string of the molecule is CSc1cc(CC(=O)O)n(C)c1C(=O)c1ccc(C)cc1C. The predicted octanol–water partition coefficient (Wildman–Crippen LogP) is 3.22. The highest BCUT2D eigenvalue weighted by atomic mass is 32.2. The summed E-state index contributed by atoms with van der Waals surface area (Å²) in [5, 5.41) is 8.99. The molecule has 0 fully saturated rings. The van der Waals surface area contributed by atoms with Gasteiger partial charge < -0.3 is 9.67 Å². The van der Waals surface area contributed by atoms with Gasteiger partial charge in [-0.1, -0.05) is 23.8 Å². The predicted molar refractivity (Wildman–Crippen MR) is 87.9 cm³/mol. The molecule has 1 N–H and O–H groups in total. The molecule has 4 nitrogen and oxygen atoms in total. The number of aryl methyl sites for hydroxylation is 2. The first kappa shape index (κ1) is 16.4. The molecular formula is C17H19NO3S. The minimum absolute atomic E-state index is 0.0685. The van der Waals surface area contributed by atoms with Crippen molar-refractivity contribution in [3.05, 3.63) is 52.3 Å². The molecule has 116 valence electrons. The number of carbonyl (C=O) groups excluding carboxylic acids is 1. The number of carbonyl (C=O) groups is 2. The third kappa shape index (κ3) is 3.09. The van der Waals surface area contributed by atoms with Gasteiger partial charge in [0.25, 0.3) is 0 Å². The van der Waals surface area contributed by atoms with E-state index >= 15 is 0 Å². The van der Waals surface area contributed by atoms with Crippen LogP contribution in [-0.2, 0) is 18.3 Å². The Labute approximate surface area is 134 Å². The van der Waals surface area contributed by atoms with Gasteiger partial charge in [-0.3, -0.25) is 9.59 Å². The maximum absolute atomic E-state index is 12.9. The van der Waals surface area contributed by atoms with E-state index in [-0.39, 0.29) is 12.2 Å². The van der Waals surface area contributed by atoms with Gasteiger partial charge in [-0.05, 0) is 31.7 Å². The van der Waals surface area contributed by atoms with Crippen LogP contribution in [0.4, 0.5) is 0 Å². The molecule has 0 aliphatic rings. The summed E-state index contributed by atoms with van der Waals surface area (Å²) in [4.78, 5) is 24.7. The van der Waals surface area contributed by atoms with E-state index in [0.29, 0.717) is 17.0 Å². The largest absolute Gasteiger partial charge is 0.481 e. The Hall–Kier alpha value is -2.01. The molecule has 0 spiro atoms. The molecule has 0 unspecified atom stereocenters. The third-order valence-electron chi connectivity index (χ3n) is 3.69. The van der Waals surface area contributed by atoms with Gasteiger partial charge in [0.05, 0.1) is 6.42 Å². The Morgan fingerprint density at radius 3 is 2.45 bits per heavy atom. The average molecular weight is 317 g/mol. The first-order valence-corrected chi connectivity index (χ1v) is 8.14. The maximum Gasteiger partial charge on any atom is 0.309 e. The summed E-state index contributed by atoms with van der Waals surface area (Å²) in [5.74, 6) is -0.972. The summed E-state index contributed by atoms with van der Waals surface area (Å²) in [7, 11) is 1.74. The number of benzene rings is 1. The first-order chi connectivity index (χ1) is 10.3. The molecular weight excluding hydrogens is 298 g/mol. The Morgan fingerprint density at radius 1 is 1.23 bits per heavy atom. The van der Waals surface area contributed by atoms with Crippen molar-refractivity contribution in [1.29, 1.82) is 0 Å². The van der Waals surface area contributed by atoms with Crippen LogP contribution in [0.2, 0.25) is 0 Å². The Bertz CT molecular complexity index is 747. The average Bonchev–Trinajstić information content (AvgIpc) is 2.74. The number of rotatable bonds is 5. The smallest absolute Gasteiger partial charge is 0.309 e. The van der Waals surface area contributed by atoms with E-state index in [4.69, 9.17) is 5.11 Å². The van der Waals surface area contributed by atoms with Crippen molar-refractivity contribution in [2.75, 3.05) is 6.26 Å². The fourth-order valence-electron chi connectivity index (χ4n) is 2.57. The highest BCUT2D eigenvalue weighted by Gasteiger charge is 2.22. The normalized spacial score (nSPS) is 10.7. The summed E-state index contributed by atoms with van der Waals surface area (Å²) in [6.07, 6.45) is 1.79. The summed E-state index contributed by atoms with van der Waals surface area (Å²) < 4.78 is 1.70. The lowest BCUT2D eigenvalue weighted by molar-refractivity contribution is -0.136. The molecule has 0 aliphatic heterocycles. The molecule has 1 aromatic heterocycles. The van der Waals surface area contributed by atoms with E-state index in [1.54, 1.807) is 17.7 Å². The fourth-order valence-corrected chi connectivity index (χ4v) is 3.24. The number of carboxylic acid groups (broad SMARTS) is 1. The number of aromatic nitrogens is 1. The van der Waals surface area contributed by atoms with Crippen molar-refractivity contribution >= 4 is 23.5 Å². The molecule has 1 heterocycles. The van der Waals surface area contributed by atoms with Crippen molar-refractivity contribution in [2.45, 2.75) is 25.2 Å². The van der Waals surface area contributed by atoms with E-state index in [1.807, 2.05) is 38.3 Å². The molecule has 0 aliphatic carbocycles. The van der Waals surface area contributed by atoms with E-state index in [2.05, 4.69) is 0 Å². The number of hydrogen-bond donors (Lipinski definition) is 1. The highest BCUT2D eigenvalue weighted by molar-refractivity contribution is 7.98. The fraction of sp³-hybridized carbons (Fsp3) is 0.294. The van der Waals surface area contributed by atoms with E-state index in [0.717, 1.165) is 16.0 Å². The summed E-state index contributed by atoms with van der Waals surface area (Å²) >= 11 is 1.45. The topological polar surface area (TPSA) is 59.3 Å². The van der Waals surface area contributed by atoms with Crippen molar-refractivity contribution in [1.82, 2.24) is 4.57 Å². The van der Waals surface area contributed by atoms with Gasteiger partial charge in [0.1, 0.15) is 5.69 Å². The second kappa shape index (κ2) is 6.40. The van der Waals surface area contributed by atoms with Crippen LogP contribution in [0.1, 0.15) is 32.9 Å². The van der Waals surface area contributed by atoms with Gasteiger partial charge in [-0.2, -0.15) is 0 Å². The van der Waals surface area contributed by atoms with Gasteiger partial charge in [0, 0.05) is 23.2 Å². The maximum atomic E-state index is 12.9. The Kier molecular flexibility index (Phi) is 4.76. The van der Waals surface area contributed by atoms with Crippen LogP contribution in [0.15, 0.2) is 29.2 Å². The molecule has 0 bridgehead atoms. The van der Waals surface area contributed by atoms with Crippen LogP contribution in [0.5, 0.6) is 0 Å². The second-order valence-electron chi connectivity index (χ2n) is 5.33. The molecule has 22 heavy (non-hydrogen) atoms. The molecule has 0 saturated heterocycles. The summed E-state index contributed by atoms with van der Waals surface area (Å²) in [6.45, 7) is 3.90. The first-order valence-electron chi connectivity index (χ1n) is 6.91. The van der Waals surface area contributed by atoms with Crippen LogP contribution in [0.25, 0.3) is 0 Å². The van der Waals surface area contributed by atoms with E-state index in [9.17, 15) is 9.59 Å². The zero-order valence-electron chi connectivity index (χ0n) is 13.1. The molecule has 5 heteroatoms. The van der Waals surface area contributed by atoms with Crippen LogP contribution in [-0.4, -0.2) is 27.7 Å². The highest BCUT2D eigenvalue weighted by Crippen LogP contribution is 2.28. The molecule has 0 radical (unpaired) electrons.